The zero-order valence-electron chi connectivity index (χ0n) is 23.0. The molecule has 216 valence electrons. The van der Waals surface area contributed by atoms with Crippen LogP contribution >= 0.6 is 11.6 Å². The molecule has 2 aliphatic heterocycles. The molecule has 0 spiro atoms. The van der Waals surface area contributed by atoms with Crippen LogP contribution in [0.25, 0.3) is 10.8 Å². The molecule has 3 aromatic carbocycles. The van der Waals surface area contributed by atoms with Crippen molar-refractivity contribution < 1.29 is 22.8 Å². The van der Waals surface area contributed by atoms with Crippen LogP contribution in [0.15, 0.2) is 71.6 Å². The molecule has 2 unspecified atom stereocenters. The highest BCUT2D eigenvalue weighted by molar-refractivity contribution is 7.89. The monoisotopic (exact) mass is 596 g/mol. The molecule has 0 saturated carbocycles. The molecular formula is C30H33ClN4O5S. The van der Waals surface area contributed by atoms with E-state index in [2.05, 4.69) is 5.32 Å². The van der Waals surface area contributed by atoms with Gasteiger partial charge < -0.3 is 15.1 Å². The van der Waals surface area contributed by atoms with E-state index in [1.54, 1.807) is 54.3 Å². The molecule has 5 rings (SSSR count). The number of halogens is 1. The van der Waals surface area contributed by atoms with Gasteiger partial charge in [0, 0.05) is 43.3 Å². The Hall–Kier alpha value is -3.47. The van der Waals surface area contributed by atoms with Crippen molar-refractivity contribution in [1.82, 2.24) is 19.4 Å². The van der Waals surface area contributed by atoms with Gasteiger partial charge in [0.15, 0.2) is 0 Å². The van der Waals surface area contributed by atoms with E-state index in [4.69, 9.17) is 11.6 Å². The number of nitrogens with zero attached hydrogens (tertiary/aromatic N) is 3. The maximum Gasteiger partial charge on any atom is 0.251 e. The Bertz CT molecular complexity index is 1570. The molecule has 0 radical (unpaired) electrons. The highest BCUT2D eigenvalue weighted by atomic mass is 35.5. The topological polar surface area (TPSA) is 107 Å². The van der Waals surface area contributed by atoms with Crippen molar-refractivity contribution in [1.29, 1.82) is 0 Å². The van der Waals surface area contributed by atoms with Gasteiger partial charge in [0.05, 0.1) is 4.90 Å². The number of sulfonamides is 1. The summed E-state index contributed by atoms with van der Waals surface area (Å²) in [6.45, 7) is 2.91. The Labute approximate surface area is 245 Å². The van der Waals surface area contributed by atoms with Crippen LogP contribution in [0, 0.1) is 0 Å². The van der Waals surface area contributed by atoms with Gasteiger partial charge in [-0.3, -0.25) is 14.4 Å². The molecule has 2 fully saturated rings. The van der Waals surface area contributed by atoms with Crippen LogP contribution < -0.4 is 5.32 Å². The minimum Gasteiger partial charge on any atom is -0.349 e. The lowest BCUT2D eigenvalue weighted by Crippen LogP contribution is -2.53. The number of carbonyl (C=O) groups is 3. The first-order chi connectivity index (χ1) is 19.6. The molecule has 1 N–H and O–H groups in total. The van der Waals surface area contributed by atoms with E-state index >= 15 is 0 Å². The maximum atomic E-state index is 13.5. The van der Waals surface area contributed by atoms with Crippen LogP contribution in [-0.4, -0.2) is 85.1 Å². The van der Waals surface area contributed by atoms with Crippen molar-refractivity contribution in [2.45, 2.75) is 49.2 Å². The normalized spacial score (nSPS) is 19.1. The molecule has 0 aliphatic carbocycles. The molecule has 9 nitrogen and oxygen atoms in total. The third kappa shape index (κ3) is 5.95. The number of likely N-dealkylation sites (N-methyl/N-ethyl adjacent to an activating group) is 1. The van der Waals surface area contributed by atoms with Gasteiger partial charge in [-0.1, -0.05) is 41.9 Å². The SMILES string of the molecule is CC(C(=O)N1CCC(NC(=O)c2ccccc2)CC1)N1CCC(N(C)S(=O)(=O)c2ccc3cc(Cl)ccc3c2)C1=O. The van der Waals surface area contributed by atoms with E-state index in [1.807, 2.05) is 18.2 Å². The summed E-state index contributed by atoms with van der Waals surface area (Å²) in [7, 11) is -2.55. The number of fused-ring (bicyclic) bond motifs is 1. The summed E-state index contributed by atoms with van der Waals surface area (Å²) in [6.07, 6.45) is 1.53. The van der Waals surface area contributed by atoms with E-state index in [0.29, 0.717) is 42.9 Å². The third-order valence-corrected chi connectivity index (χ3v) is 10.2. The summed E-state index contributed by atoms with van der Waals surface area (Å²) in [4.78, 5) is 42.5. The summed E-state index contributed by atoms with van der Waals surface area (Å²) in [5, 5.41) is 5.14. The molecule has 0 bridgehead atoms. The second kappa shape index (κ2) is 11.8. The van der Waals surface area contributed by atoms with Crippen molar-refractivity contribution in [2.75, 3.05) is 26.7 Å². The average Bonchev–Trinajstić information content (AvgIpc) is 3.37. The lowest BCUT2D eigenvalue weighted by molar-refractivity contribution is -0.144. The molecule has 41 heavy (non-hydrogen) atoms. The Balaban J connectivity index is 1.19. The van der Waals surface area contributed by atoms with Crippen molar-refractivity contribution >= 4 is 50.1 Å². The highest BCUT2D eigenvalue weighted by Gasteiger charge is 2.43. The fourth-order valence-electron chi connectivity index (χ4n) is 5.60. The fourth-order valence-corrected chi connectivity index (χ4v) is 7.16. The minimum atomic E-state index is -3.96. The number of benzene rings is 3. The van der Waals surface area contributed by atoms with Gasteiger partial charge in [-0.2, -0.15) is 4.31 Å². The second-order valence-electron chi connectivity index (χ2n) is 10.6. The molecule has 11 heteroatoms. The largest absolute Gasteiger partial charge is 0.349 e. The van der Waals surface area contributed by atoms with E-state index in [-0.39, 0.29) is 35.2 Å². The zero-order valence-corrected chi connectivity index (χ0v) is 24.6. The molecule has 3 amide bonds. The van der Waals surface area contributed by atoms with E-state index < -0.39 is 22.1 Å². The summed E-state index contributed by atoms with van der Waals surface area (Å²) in [5.41, 5.74) is 0.597. The predicted molar refractivity (Wildman–Crippen MR) is 157 cm³/mol. The van der Waals surface area contributed by atoms with Crippen LogP contribution in [0.3, 0.4) is 0 Å². The van der Waals surface area contributed by atoms with Crippen LogP contribution in [-0.2, 0) is 19.6 Å². The molecule has 0 aromatic heterocycles. The van der Waals surface area contributed by atoms with Crippen LogP contribution in [0.5, 0.6) is 0 Å². The average molecular weight is 597 g/mol. The molecule has 2 saturated heterocycles. The van der Waals surface area contributed by atoms with Gasteiger partial charge in [-0.15, -0.1) is 0 Å². The van der Waals surface area contributed by atoms with Gasteiger partial charge in [-0.05, 0) is 73.4 Å². The number of hydrogen-bond donors (Lipinski definition) is 1. The third-order valence-electron chi connectivity index (χ3n) is 8.10. The Morgan fingerprint density at radius 2 is 1.61 bits per heavy atom. The smallest absolute Gasteiger partial charge is 0.251 e. The van der Waals surface area contributed by atoms with Gasteiger partial charge in [0.1, 0.15) is 12.1 Å². The summed E-state index contributed by atoms with van der Waals surface area (Å²) in [5.74, 6) is -0.690. The van der Waals surface area contributed by atoms with Gasteiger partial charge in [0.2, 0.25) is 21.8 Å². The first-order valence-electron chi connectivity index (χ1n) is 13.7. The minimum absolute atomic E-state index is 0.0363. The molecule has 2 atom stereocenters. The van der Waals surface area contributed by atoms with Crippen molar-refractivity contribution in [3.8, 4) is 0 Å². The molecular weight excluding hydrogens is 564 g/mol. The number of likely N-dealkylation sites (tertiary alicyclic amines) is 2. The van der Waals surface area contributed by atoms with Crippen LogP contribution in [0.4, 0.5) is 0 Å². The first kappa shape index (κ1) is 29.0. The van der Waals surface area contributed by atoms with Crippen molar-refractivity contribution in [2.24, 2.45) is 0 Å². The number of carbonyl (C=O) groups excluding carboxylic acids is 3. The van der Waals surface area contributed by atoms with Crippen molar-refractivity contribution in [3.63, 3.8) is 0 Å². The molecule has 2 aliphatic rings. The zero-order chi connectivity index (χ0) is 29.3. The van der Waals surface area contributed by atoms with Gasteiger partial charge in [0.25, 0.3) is 5.91 Å². The van der Waals surface area contributed by atoms with Gasteiger partial charge in [-0.25, -0.2) is 8.42 Å². The van der Waals surface area contributed by atoms with Gasteiger partial charge >= 0.3 is 0 Å². The van der Waals surface area contributed by atoms with Crippen LogP contribution in [0.2, 0.25) is 5.02 Å². The standard InChI is InChI=1S/C30H33ClN4O5S/c1-20(29(37)34-15-12-25(13-16-34)32-28(36)21-6-4-3-5-7-21)35-17-14-27(30(35)38)33(2)41(39,40)26-11-9-22-18-24(31)10-8-23(22)19-26/h3-11,18-20,25,27H,12-17H2,1-2H3,(H,32,36). The number of piperidine rings is 1. The second-order valence-corrected chi connectivity index (χ2v) is 13.1. The van der Waals surface area contributed by atoms with Crippen molar-refractivity contribution in [3.05, 3.63) is 77.3 Å². The maximum absolute atomic E-state index is 13.5. The van der Waals surface area contributed by atoms with Crippen LogP contribution in [0.1, 0.15) is 36.5 Å². The van der Waals surface area contributed by atoms with E-state index in [9.17, 15) is 22.8 Å². The Morgan fingerprint density at radius 1 is 0.951 bits per heavy atom. The fraction of sp³-hybridized carbons (Fsp3) is 0.367. The molecule has 2 heterocycles. The quantitative estimate of drug-likeness (QED) is 0.449. The highest BCUT2D eigenvalue weighted by Crippen LogP contribution is 2.28. The predicted octanol–water partition coefficient (Wildman–Crippen LogP) is 3.52. The van der Waals surface area contributed by atoms with E-state index in [1.165, 1.54) is 18.0 Å². The van der Waals surface area contributed by atoms with E-state index in [0.717, 1.165) is 15.1 Å². The Kier molecular flexibility index (Phi) is 8.35. The lowest BCUT2D eigenvalue weighted by atomic mass is 10.0. The number of rotatable bonds is 7. The first-order valence-corrected chi connectivity index (χ1v) is 15.5. The summed E-state index contributed by atoms with van der Waals surface area (Å²) >= 11 is 6.05. The Morgan fingerprint density at radius 3 is 2.32 bits per heavy atom. The summed E-state index contributed by atoms with van der Waals surface area (Å²) < 4.78 is 28.0. The summed E-state index contributed by atoms with van der Waals surface area (Å²) in [6, 6.07) is 17.4. The number of hydrogen-bond acceptors (Lipinski definition) is 5. The lowest BCUT2D eigenvalue weighted by Gasteiger charge is -2.36. The number of amides is 3. The molecule has 3 aromatic rings. The number of nitrogens with one attached hydrogen (secondary N) is 1.